The van der Waals surface area contributed by atoms with Gasteiger partial charge in [-0.25, -0.2) is 0 Å². The quantitative estimate of drug-likeness (QED) is 0.565. The van der Waals surface area contributed by atoms with Gasteiger partial charge in [-0.2, -0.15) is 4.68 Å². The van der Waals surface area contributed by atoms with E-state index < -0.39 is 0 Å². The van der Waals surface area contributed by atoms with Gasteiger partial charge in [0.2, 0.25) is 5.91 Å². The molecule has 0 N–H and O–H groups in total. The lowest BCUT2D eigenvalue weighted by Gasteiger charge is -1.99. The zero-order valence-electron chi connectivity index (χ0n) is 12.0. The molecule has 106 valence electrons. The highest BCUT2D eigenvalue weighted by Crippen LogP contribution is 2.11. The summed E-state index contributed by atoms with van der Waals surface area (Å²) in [5.74, 6) is 0.0145. The number of hydrogen-bond acceptors (Lipinski definition) is 3. The van der Waals surface area contributed by atoms with E-state index in [0.717, 1.165) is 30.3 Å². The van der Waals surface area contributed by atoms with Crippen LogP contribution in [0.3, 0.4) is 0 Å². The van der Waals surface area contributed by atoms with E-state index in [0.29, 0.717) is 6.42 Å². The minimum absolute atomic E-state index is 0.0145. The van der Waals surface area contributed by atoms with E-state index in [1.165, 1.54) is 17.5 Å². The predicted octanol–water partition coefficient (Wildman–Crippen LogP) is 3.99. The highest BCUT2D eigenvalue weighted by atomic mass is 16.2. The fourth-order valence-electron chi connectivity index (χ4n) is 2.09. The number of hydrogen-bond donors (Lipinski definition) is 0. The van der Waals surface area contributed by atoms with E-state index in [1.807, 2.05) is 24.3 Å². The highest BCUT2D eigenvalue weighted by molar-refractivity contribution is 5.88. The average molecular weight is 271 g/mol. The van der Waals surface area contributed by atoms with Crippen molar-refractivity contribution in [3.05, 3.63) is 36.4 Å². The van der Waals surface area contributed by atoms with Crippen molar-refractivity contribution in [1.29, 1.82) is 0 Å². The van der Waals surface area contributed by atoms with Gasteiger partial charge in [-0.3, -0.25) is 4.79 Å². The van der Waals surface area contributed by atoms with Crippen molar-refractivity contribution in [3.63, 3.8) is 0 Å². The third-order valence-corrected chi connectivity index (χ3v) is 3.24. The second kappa shape index (κ2) is 7.58. The molecule has 0 spiro atoms. The lowest BCUT2D eigenvalue weighted by Crippen LogP contribution is -2.11. The van der Waals surface area contributed by atoms with E-state index in [1.54, 1.807) is 0 Å². The van der Waals surface area contributed by atoms with E-state index in [4.69, 9.17) is 0 Å². The normalized spacial score (nSPS) is 11.4. The predicted molar refractivity (Wildman–Crippen MR) is 80.7 cm³/mol. The van der Waals surface area contributed by atoms with Gasteiger partial charge in [-0.05, 0) is 31.4 Å². The van der Waals surface area contributed by atoms with Gasteiger partial charge < -0.3 is 0 Å². The first-order valence-corrected chi connectivity index (χ1v) is 7.31. The second-order valence-electron chi connectivity index (χ2n) is 4.89. The summed E-state index contributed by atoms with van der Waals surface area (Å²) in [5, 5.41) is 7.93. The maximum Gasteiger partial charge on any atom is 0.248 e. The molecule has 0 amide bonds. The zero-order chi connectivity index (χ0) is 14.2. The molecule has 1 aromatic carbocycles. The minimum Gasteiger partial charge on any atom is -0.273 e. The number of unbranched alkanes of at least 4 members (excludes halogenated alkanes) is 3. The molecule has 4 nitrogen and oxygen atoms in total. The van der Waals surface area contributed by atoms with Crippen LogP contribution in [0.2, 0.25) is 0 Å². The summed E-state index contributed by atoms with van der Waals surface area (Å²) in [7, 11) is 0. The smallest absolute Gasteiger partial charge is 0.248 e. The molecule has 0 aliphatic rings. The molecule has 0 fully saturated rings. The van der Waals surface area contributed by atoms with Crippen molar-refractivity contribution in [2.45, 2.75) is 45.4 Å². The van der Waals surface area contributed by atoms with Crippen LogP contribution in [0.5, 0.6) is 0 Å². The van der Waals surface area contributed by atoms with Crippen molar-refractivity contribution >= 4 is 16.9 Å². The van der Waals surface area contributed by atoms with E-state index >= 15 is 0 Å². The molecule has 1 heterocycles. The largest absolute Gasteiger partial charge is 0.273 e. The summed E-state index contributed by atoms with van der Waals surface area (Å²) >= 11 is 0. The van der Waals surface area contributed by atoms with Crippen molar-refractivity contribution in [1.82, 2.24) is 15.0 Å². The standard InChI is InChI=1S/C16H21N3O/c1-2-3-4-5-6-7-8-13-16(20)19-15-12-10-9-11-14(15)17-18-19/h5-6,9-12H,2-4,7-8,13H2,1H3/b6-5+. The topological polar surface area (TPSA) is 47.8 Å². The number of benzene rings is 1. The summed E-state index contributed by atoms with van der Waals surface area (Å²) in [4.78, 5) is 12.1. The van der Waals surface area contributed by atoms with Crippen molar-refractivity contribution in [2.75, 3.05) is 0 Å². The summed E-state index contributed by atoms with van der Waals surface area (Å²) in [5.41, 5.74) is 1.55. The maximum absolute atomic E-state index is 12.1. The van der Waals surface area contributed by atoms with Crippen LogP contribution >= 0.6 is 0 Å². The molecular formula is C16H21N3O. The van der Waals surface area contributed by atoms with Gasteiger partial charge >= 0.3 is 0 Å². The average Bonchev–Trinajstić information content (AvgIpc) is 2.90. The zero-order valence-corrected chi connectivity index (χ0v) is 12.0. The highest BCUT2D eigenvalue weighted by Gasteiger charge is 2.10. The van der Waals surface area contributed by atoms with Crippen molar-refractivity contribution < 1.29 is 4.79 Å². The molecular weight excluding hydrogens is 250 g/mol. The van der Waals surface area contributed by atoms with Gasteiger partial charge in [0.15, 0.2) is 0 Å². The monoisotopic (exact) mass is 271 g/mol. The van der Waals surface area contributed by atoms with Crippen LogP contribution in [0.4, 0.5) is 0 Å². The molecule has 0 aliphatic carbocycles. The maximum atomic E-state index is 12.1. The Morgan fingerprint density at radius 1 is 1.20 bits per heavy atom. The number of allylic oxidation sites excluding steroid dienone is 2. The number of para-hydroxylation sites is 1. The fraction of sp³-hybridized carbons (Fsp3) is 0.438. The number of carbonyl (C=O) groups excluding carboxylic acids is 1. The first-order chi connectivity index (χ1) is 9.83. The minimum atomic E-state index is 0.0145. The van der Waals surface area contributed by atoms with Crippen LogP contribution in [0.1, 0.15) is 50.2 Å². The van der Waals surface area contributed by atoms with Gasteiger partial charge in [-0.15, -0.1) is 5.10 Å². The second-order valence-corrected chi connectivity index (χ2v) is 4.89. The molecule has 4 heteroatoms. The molecule has 0 radical (unpaired) electrons. The van der Waals surface area contributed by atoms with Crippen LogP contribution in [-0.4, -0.2) is 20.9 Å². The molecule has 2 aromatic rings. The lowest BCUT2D eigenvalue weighted by atomic mass is 10.2. The van der Waals surface area contributed by atoms with E-state index in [-0.39, 0.29) is 5.91 Å². The third kappa shape index (κ3) is 3.76. The van der Waals surface area contributed by atoms with Crippen LogP contribution in [-0.2, 0) is 0 Å². The van der Waals surface area contributed by atoms with Crippen molar-refractivity contribution in [2.24, 2.45) is 0 Å². The number of fused-ring (bicyclic) bond motifs is 1. The molecule has 1 aromatic heterocycles. The Balaban J connectivity index is 1.82. The van der Waals surface area contributed by atoms with Crippen LogP contribution < -0.4 is 0 Å². The summed E-state index contributed by atoms with van der Waals surface area (Å²) in [6, 6.07) is 7.53. The first kappa shape index (κ1) is 14.4. The molecule has 0 saturated carbocycles. The van der Waals surface area contributed by atoms with Gasteiger partial charge in [0.05, 0.1) is 5.52 Å². The fourth-order valence-corrected chi connectivity index (χ4v) is 2.09. The Morgan fingerprint density at radius 2 is 1.95 bits per heavy atom. The SMILES string of the molecule is CCCC/C=C/CCCC(=O)n1nnc2ccccc21. The third-order valence-electron chi connectivity index (χ3n) is 3.24. The van der Waals surface area contributed by atoms with Crippen LogP contribution in [0.15, 0.2) is 36.4 Å². The van der Waals surface area contributed by atoms with Gasteiger partial charge in [0.1, 0.15) is 5.52 Å². The van der Waals surface area contributed by atoms with Crippen LogP contribution in [0, 0.1) is 0 Å². The van der Waals surface area contributed by atoms with Crippen LogP contribution in [0.25, 0.3) is 11.0 Å². The molecule has 0 aliphatic heterocycles. The lowest BCUT2D eigenvalue weighted by molar-refractivity contribution is 0.0887. The number of rotatable bonds is 7. The van der Waals surface area contributed by atoms with E-state index in [2.05, 4.69) is 29.4 Å². The Bertz CT molecular complexity index is 586. The summed E-state index contributed by atoms with van der Waals surface area (Å²) < 4.78 is 1.41. The Morgan fingerprint density at radius 3 is 2.75 bits per heavy atom. The Labute approximate surface area is 119 Å². The molecule has 0 bridgehead atoms. The molecule has 0 atom stereocenters. The number of carbonyl (C=O) groups is 1. The summed E-state index contributed by atoms with van der Waals surface area (Å²) in [6.07, 6.45) is 10.3. The van der Waals surface area contributed by atoms with Gasteiger partial charge in [-0.1, -0.05) is 49.3 Å². The molecule has 0 unspecified atom stereocenters. The number of nitrogens with zero attached hydrogens (tertiary/aromatic N) is 3. The van der Waals surface area contributed by atoms with Crippen molar-refractivity contribution in [3.8, 4) is 0 Å². The Hall–Kier alpha value is -1.97. The number of aromatic nitrogens is 3. The van der Waals surface area contributed by atoms with Gasteiger partial charge in [0.25, 0.3) is 0 Å². The Kier molecular flexibility index (Phi) is 5.47. The summed E-state index contributed by atoms with van der Waals surface area (Å²) in [6.45, 7) is 2.19. The molecule has 0 saturated heterocycles. The first-order valence-electron chi connectivity index (χ1n) is 7.31. The molecule has 20 heavy (non-hydrogen) atoms. The van der Waals surface area contributed by atoms with Gasteiger partial charge in [0, 0.05) is 6.42 Å². The molecule has 2 rings (SSSR count). The van der Waals surface area contributed by atoms with E-state index in [9.17, 15) is 4.79 Å².